The van der Waals surface area contributed by atoms with Crippen molar-refractivity contribution >= 4 is 33.1 Å². The van der Waals surface area contributed by atoms with Crippen molar-refractivity contribution in [3.8, 4) is 0 Å². The molecule has 8 heteroatoms. The van der Waals surface area contributed by atoms with E-state index in [1.165, 1.54) is 0 Å². The molecule has 0 saturated carbocycles. The van der Waals surface area contributed by atoms with Gasteiger partial charge in [0.2, 0.25) is 0 Å². The highest BCUT2D eigenvalue weighted by Gasteiger charge is 2.20. The molecule has 28 heavy (non-hydrogen) atoms. The molecule has 3 aromatic rings. The predicted octanol–water partition coefficient (Wildman–Crippen LogP) is 4.38. The van der Waals surface area contributed by atoms with Gasteiger partial charge in [-0.3, -0.25) is 4.72 Å². The first-order chi connectivity index (χ1) is 13.3. The summed E-state index contributed by atoms with van der Waals surface area (Å²) in [5.41, 5.74) is 1.92. The second-order valence-corrected chi connectivity index (χ2v) is 7.77. The average molecular weight is 400 g/mol. The Hall–Kier alpha value is -3.39. The number of hydrogen-bond donors (Lipinski definition) is 3. The minimum absolute atomic E-state index is 0.268. The summed E-state index contributed by atoms with van der Waals surface area (Å²) in [5.74, 6) is -2.55. The van der Waals surface area contributed by atoms with Gasteiger partial charge in [-0.05, 0) is 49.4 Å². The zero-order valence-electron chi connectivity index (χ0n) is 14.8. The van der Waals surface area contributed by atoms with E-state index in [-0.39, 0.29) is 10.6 Å². The number of anilines is 3. The first-order valence-corrected chi connectivity index (χ1v) is 9.73. The lowest BCUT2D eigenvalue weighted by Gasteiger charge is -2.15. The third kappa shape index (κ3) is 4.29. The Morgan fingerprint density at radius 1 is 0.964 bits per heavy atom. The zero-order chi connectivity index (χ0) is 20.3. The Balaban J connectivity index is 1.92. The fraction of sp³-hybridized carbons (Fsp3) is 0.0500. The van der Waals surface area contributed by atoms with Crippen molar-refractivity contribution in [3.63, 3.8) is 0 Å². The first kappa shape index (κ1) is 19.4. The van der Waals surface area contributed by atoms with Gasteiger partial charge in [-0.1, -0.05) is 29.8 Å². The summed E-state index contributed by atoms with van der Waals surface area (Å²) in [6.45, 7) is 1.96. The standard InChI is InChI=1S/C20H17FN2O4S/c1-13-6-8-14(9-7-13)22-18-4-2-3-5-19(18)23-28(26,27)15-10-11-17(21)16(12-15)20(24)25/h2-12,22-23H,1H3,(H,24,25). The van der Waals surface area contributed by atoms with Gasteiger partial charge in [0.15, 0.2) is 0 Å². The number of carbonyl (C=O) groups is 1. The summed E-state index contributed by atoms with van der Waals surface area (Å²) in [6.07, 6.45) is 0. The molecule has 0 aliphatic rings. The summed E-state index contributed by atoms with van der Waals surface area (Å²) in [7, 11) is -4.13. The van der Waals surface area contributed by atoms with Crippen LogP contribution < -0.4 is 10.0 Å². The molecule has 3 N–H and O–H groups in total. The number of sulfonamides is 1. The average Bonchev–Trinajstić information content (AvgIpc) is 2.65. The topological polar surface area (TPSA) is 95.5 Å². The van der Waals surface area contributed by atoms with Gasteiger partial charge in [0.25, 0.3) is 10.0 Å². The Bertz CT molecular complexity index is 1130. The number of halogens is 1. The quantitative estimate of drug-likeness (QED) is 0.571. The van der Waals surface area contributed by atoms with Crippen LogP contribution in [0.15, 0.2) is 71.6 Å². The van der Waals surface area contributed by atoms with E-state index in [1.54, 1.807) is 24.3 Å². The van der Waals surface area contributed by atoms with E-state index in [0.29, 0.717) is 5.69 Å². The van der Waals surface area contributed by atoms with Crippen molar-refractivity contribution in [1.29, 1.82) is 0 Å². The fourth-order valence-electron chi connectivity index (χ4n) is 2.51. The molecule has 3 rings (SSSR count). The fourth-order valence-corrected chi connectivity index (χ4v) is 3.62. The number of nitrogens with one attached hydrogen (secondary N) is 2. The highest BCUT2D eigenvalue weighted by atomic mass is 32.2. The maximum Gasteiger partial charge on any atom is 0.338 e. The number of para-hydroxylation sites is 2. The summed E-state index contributed by atoms with van der Waals surface area (Å²) in [6, 6.07) is 16.8. The van der Waals surface area contributed by atoms with Crippen LogP contribution in [0.5, 0.6) is 0 Å². The maximum absolute atomic E-state index is 13.6. The van der Waals surface area contributed by atoms with E-state index in [1.807, 2.05) is 31.2 Å². The summed E-state index contributed by atoms with van der Waals surface area (Å²) < 4.78 is 41.3. The van der Waals surface area contributed by atoms with E-state index in [4.69, 9.17) is 5.11 Å². The number of aromatic carboxylic acids is 1. The van der Waals surface area contributed by atoms with Gasteiger partial charge in [0, 0.05) is 5.69 Å². The smallest absolute Gasteiger partial charge is 0.338 e. The summed E-state index contributed by atoms with van der Waals surface area (Å²) >= 11 is 0. The molecule has 0 saturated heterocycles. The lowest BCUT2D eigenvalue weighted by molar-refractivity contribution is 0.0691. The van der Waals surface area contributed by atoms with Gasteiger partial charge < -0.3 is 10.4 Å². The van der Waals surface area contributed by atoms with Gasteiger partial charge in [0.1, 0.15) is 5.82 Å². The Morgan fingerprint density at radius 2 is 1.61 bits per heavy atom. The third-order valence-corrected chi connectivity index (χ3v) is 5.34. The normalized spacial score (nSPS) is 11.1. The van der Waals surface area contributed by atoms with Crippen molar-refractivity contribution in [1.82, 2.24) is 0 Å². The molecule has 3 aromatic carbocycles. The van der Waals surface area contributed by atoms with E-state index in [2.05, 4.69) is 10.0 Å². The molecule has 0 aromatic heterocycles. The van der Waals surface area contributed by atoms with Crippen LogP contribution >= 0.6 is 0 Å². The largest absolute Gasteiger partial charge is 0.478 e. The molecule has 0 spiro atoms. The van der Waals surface area contributed by atoms with Crippen molar-refractivity contribution in [2.45, 2.75) is 11.8 Å². The highest BCUT2D eigenvalue weighted by molar-refractivity contribution is 7.92. The Morgan fingerprint density at radius 3 is 2.25 bits per heavy atom. The predicted molar refractivity (Wildman–Crippen MR) is 105 cm³/mol. The molecule has 0 heterocycles. The molecule has 0 amide bonds. The second-order valence-electron chi connectivity index (χ2n) is 6.09. The summed E-state index contributed by atoms with van der Waals surface area (Å²) in [4.78, 5) is 10.7. The number of hydrogen-bond acceptors (Lipinski definition) is 4. The zero-order valence-corrected chi connectivity index (χ0v) is 15.6. The maximum atomic E-state index is 13.6. The van der Waals surface area contributed by atoms with Crippen molar-refractivity contribution < 1.29 is 22.7 Å². The minimum atomic E-state index is -4.13. The molecule has 0 fully saturated rings. The molecule has 0 bridgehead atoms. The number of rotatable bonds is 6. The molecule has 0 aliphatic heterocycles. The van der Waals surface area contributed by atoms with Crippen LogP contribution in [-0.4, -0.2) is 19.5 Å². The lowest BCUT2D eigenvalue weighted by atomic mass is 10.2. The molecule has 0 atom stereocenters. The van der Waals surface area contributed by atoms with Crippen LogP contribution in [0.3, 0.4) is 0 Å². The first-order valence-electron chi connectivity index (χ1n) is 8.25. The molecular weight excluding hydrogens is 383 g/mol. The van der Waals surface area contributed by atoms with Crippen molar-refractivity contribution in [2.24, 2.45) is 0 Å². The molecule has 0 unspecified atom stereocenters. The van der Waals surface area contributed by atoms with Gasteiger partial charge in [0.05, 0.1) is 21.8 Å². The molecule has 144 valence electrons. The highest BCUT2D eigenvalue weighted by Crippen LogP contribution is 2.28. The molecule has 0 radical (unpaired) electrons. The summed E-state index contributed by atoms with van der Waals surface area (Å²) in [5, 5.41) is 12.1. The van der Waals surface area contributed by atoms with Crippen molar-refractivity contribution in [2.75, 3.05) is 10.0 Å². The van der Waals surface area contributed by atoms with Crippen molar-refractivity contribution in [3.05, 3.63) is 83.7 Å². The van der Waals surface area contributed by atoms with Crippen LogP contribution in [-0.2, 0) is 10.0 Å². The number of aryl methyl sites for hydroxylation is 1. The van der Waals surface area contributed by atoms with Gasteiger partial charge in [-0.2, -0.15) is 0 Å². The van der Waals surface area contributed by atoms with Crippen LogP contribution in [0.2, 0.25) is 0 Å². The van der Waals surface area contributed by atoms with Gasteiger partial charge >= 0.3 is 5.97 Å². The van der Waals surface area contributed by atoms with Crippen LogP contribution in [0, 0.1) is 12.7 Å². The van der Waals surface area contributed by atoms with E-state index in [0.717, 1.165) is 29.4 Å². The number of carboxylic acid groups (broad SMARTS) is 1. The number of benzene rings is 3. The monoisotopic (exact) mass is 400 g/mol. The number of carboxylic acids is 1. The second kappa shape index (κ2) is 7.69. The van der Waals surface area contributed by atoms with Crippen LogP contribution in [0.1, 0.15) is 15.9 Å². The van der Waals surface area contributed by atoms with E-state index in [9.17, 15) is 17.6 Å². The minimum Gasteiger partial charge on any atom is -0.478 e. The Kier molecular flexibility index (Phi) is 5.32. The molecular formula is C20H17FN2O4S. The third-order valence-electron chi connectivity index (χ3n) is 3.98. The van der Waals surface area contributed by atoms with Crippen LogP contribution in [0.4, 0.5) is 21.5 Å². The van der Waals surface area contributed by atoms with Gasteiger partial charge in [-0.25, -0.2) is 17.6 Å². The van der Waals surface area contributed by atoms with Crippen LogP contribution in [0.25, 0.3) is 0 Å². The Labute approximate surface area is 161 Å². The van der Waals surface area contributed by atoms with E-state index < -0.39 is 27.4 Å². The lowest BCUT2D eigenvalue weighted by Crippen LogP contribution is -2.15. The SMILES string of the molecule is Cc1ccc(Nc2ccccc2NS(=O)(=O)c2ccc(F)c(C(=O)O)c2)cc1. The van der Waals surface area contributed by atoms with Gasteiger partial charge in [-0.15, -0.1) is 0 Å². The molecule has 0 aliphatic carbocycles. The van der Waals surface area contributed by atoms with E-state index >= 15 is 0 Å². The molecule has 6 nitrogen and oxygen atoms in total.